The van der Waals surface area contributed by atoms with Crippen molar-refractivity contribution in [2.24, 2.45) is 5.92 Å². The van der Waals surface area contributed by atoms with Gasteiger partial charge in [0.15, 0.2) is 0 Å². The van der Waals surface area contributed by atoms with Crippen LogP contribution >= 0.6 is 15.9 Å². The summed E-state index contributed by atoms with van der Waals surface area (Å²) in [6, 6.07) is 3.36. The lowest BCUT2D eigenvalue weighted by atomic mass is 9.98. The lowest BCUT2D eigenvalue weighted by Gasteiger charge is -2.26. The number of halogens is 1. The zero-order valence-electron chi connectivity index (χ0n) is 12.3. The van der Waals surface area contributed by atoms with Gasteiger partial charge in [0.25, 0.3) is 0 Å². The Labute approximate surface area is 133 Å². The van der Waals surface area contributed by atoms with Crippen LogP contribution in [-0.2, 0) is 16.1 Å². The van der Waals surface area contributed by atoms with E-state index >= 15 is 0 Å². The highest BCUT2D eigenvalue weighted by Crippen LogP contribution is 2.16. The molecular weight excluding hydrogens is 334 g/mol. The van der Waals surface area contributed by atoms with Crippen LogP contribution in [0.4, 0.5) is 0 Å². The molecule has 2 heterocycles. The topological polar surface area (TPSA) is 62.3 Å². The molecule has 21 heavy (non-hydrogen) atoms. The summed E-state index contributed by atoms with van der Waals surface area (Å²) in [6.07, 6.45) is 2.91. The largest absolute Gasteiger partial charge is 0.344 e. The number of rotatable bonds is 4. The lowest BCUT2D eigenvalue weighted by molar-refractivity contribution is -0.135. The summed E-state index contributed by atoms with van der Waals surface area (Å²) in [4.78, 5) is 30.5. The molecule has 0 saturated carbocycles. The maximum Gasteiger partial charge on any atom is 0.245 e. The quantitative estimate of drug-likeness (QED) is 0.901. The monoisotopic (exact) mass is 353 g/mol. The van der Waals surface area contributed by atoms with E-state index in [1.165, 1.54) is 0 Å². The molecule has 1 aromatic rings. The highest BCUT2D eigenvalue weighted by molar-refractivity contribution is 9.10. The molecule has 1 aliphatic rings. The molecule has 2 atom stereocenters. The van der Waals surface area contributed by atoms with Crippen molar-refractivity contribution in [3.05, 3.63) is 28.5 Å². The highest BCUT2D eigenvalue weighted by Gasteiger charge is 2.32. The molecular formula is C15H20BrN3O2. The van der Waals surface area contributed by atoms with Crippen LogP contribution < -0.4 is 5.32 Å². The first kappa shape index (κ1) is 15.9. The van der Waals surface area contributed by atoms with Crippen molar-refractivity contribution < 1.29 is 9.59 Å². The molecule has 0 aliphatic carbocycles. The molecule has 0 bridgehead atoms. The zero-order valence-corrected chi connectivity index (χ0v) is 13.9. The lowest BCUT2D eigenvalue weighted by Crippen LogP contribution is -2.48. The number of nitrogens with one attached hydrogen (secondary N) is 1. The van der Waals surface area contributed by atoms with Crippen molar-refractivity contribution in [1.82, 2.24) is 15.2 Å². The fourth-order valence-corrected chi connectivity index (χ4v) is 2.56. The fourth-order valence-electron chi connectivity index (χ4n) is 2.32. The molecule has 114 valence electrons. The first-order valence-corrected chi connectivity index (χ1v) is 7.99. The van der Waals surface area contributed by atoms with Crippen molar-refractivity contribution in [2.45, 2.75) is 39.3 Å². The van der Waals surface area contributed by atoms with E-state index in [-0.39, 0.29) is 17.7 Å². The molecule has 5 nitrogen and oxygen atoms in total. The summed E-state index contributed by atoms with van der Waals surface area (Å²) >= 11 is 3.34. The normalized spacial score (nSPS) is 20.9. The van der Waals surface area contributed by atoms with Gasteiger partial charge in [0, 0.05) is 23.6 Å². The molecule has 0 radical (unpaired) electrons. The summed E-state index contributed by atoms with van der Waals surface area (Å²) in [5.74, 6) is 0.0553. The third kappa shape index (κ3) is 4.03. The minimum absolute atomic E-state index is 0.0140. The van der Waals surface area contributed by atoms with Crippen LogP contribution in [0.25, 0.3) is 0 Å². The maximum atomic E-state index is 12.6. The van der Waals surface area contributed by atoms with E-state index in [0.29, 0.717) is 19.5 Å². The number of hydrogen-bond donors (Lipinski definition) is 1. The van der Waals surface area contributed by atoms with E-state index in [0.717, 1.165) is 16.6 Å². The number of carbonyl (C=O) groups excluding carboxylic acids is 2. The summed E-state index contributed by atoms with van der Waals surface area (Å²) in [5.41, 5.74) is 0.823. The Kier molecular flexibility index (Phi) is 5.33. The minimum atomic E-state index is -0.430. The van der Waals surface area contributed by atoms with Gasteiger partial charge in [-0.15, -0.1) is 0 Å². The Balaban J connectivity index is 2.15. The molecule has 1 N–H and O–H groups in total. The average molecular weight is 354 g/mol. The van der Waals surface area contributed by atoms with Crippen molar-refractivity contribution in [3.8, 4) is 0 Å². The van der Waals surface area contributed by atoms with Gasteiger partial charge in [0.1, 0.15) is 6.04 Å². The molecule has 0 aromatic carbocycles. The van der Waals surface area contributed by atoms with Crippen LogP contribution in [-0.4, -0.2) is 34.3 Å². The van der Waals surface area contributed by atoms with E-state index in [4.69, 9.17) is 0 Å². The van der Waals surface area contributed by atoms with Crippen LogP contribution in [0.3, 0.4) is 0 Å². The average Bonchev–Trinajstić information content (AvgIpc) is 2.62. The number of nitrogens with zero attached hydrogens (tertiary/aromatic N) is 2. The predicted molar refractivity (Wildman–Crippen MR) is 83.4 cm³/mol. The highest BCUT2D eigenvalue weighted by atomic mass is 79.9. The number of amides is 2. The van der Waals surface area contributed by atoms with Gasteiger partial charge < -0.3 is 10.2 Å². The van der Waals surface area contributed by atoms with Gasteiger partial charge in [-0.1, -0.05) is 20.3 Å². The van der Waals surface area contributed by atoms with Gasteiger partial charge in [0.2, 0.25) is 11.8 Å². The van der Waals surface area contributed by atoms with Gasteiger partial charge in [-0.2, -0.15) is 0 Å². The second-order valence-corrected chi connectivity index (χ2v) is 6.32. The van der Waals surface area contributed by atoms with Gasteiger partial charge in [-0.05, 0) is 34.0 Å². The summed E-state index contributed by atoms with van der Waals surface area (Å²) in [7, 11) is 0. The Morgan fingerprint density at radius 2 is 2.24 bits per heavy atom. The molecule has 0 spiro atoms. The van der Waals surface area contributed by atoms with Crippen molar-refractivity contribution in [1.29, 1.82) is 0 Å². The van der Waals surface area contributed by atoms with Crippen molar-refractivity contribution >= 4 is 27.7 Å². The number of hydrogen-bond acceptors (Lipinski definition) is 3. The van der Waals surface area contributed by atoms with Crippen LogP contribution in [0.5, 0.6) is 0 Å². The maximum absolute atomic E-state index is 12.6. The molecule has 2 amide bonds. The van der Waals surface area contributed by atoms with Gasteiger partial charge >= 0.3 is 0 Å². The number of aromatic nitrogens is 1. The van der Waals surface area contributed by atoms with E-state index in [1.54, 1.807) is 11.1 Å². The van der Waals surface area contributed by atoms with Gasteiger partial charge in [0.05, 0.1) is 12.2 Å². The first-order chi connectivity index (χ1) is 10.0. The van der Waals surface area contributed by atoms with Gasteiger partial charge in [-0.25, -0.2) is 0 Å². The SMILES string of the molecule is CCC(C)C1NC(=O)CCN(Cc2ccc(Br)cn2)C1=O. The molecule has 2 rings (SSSR count). The number of pyridine rings is 1. The molecule has 1 saturated heterocycles. The van der Waals surface area contributed by atoms with E-state index in [9.17, 15) is 9.59 Å². The standard InChI is InChI=1S/C15H20BrN3O2/c1-3-10(2)14-15(21)19(7-6-13(20)18-14)9-12-5-4-11(16)8-17-12/h4-5,8,10,14H,3,6-7,9H2,1-2H3,(H,18,20). The molecule has 1 aromatic heterocycles. The molecule has 1 fully saturated rings. The first-order valence-electron chi connectivity index (χ1n) is 7.19. The van der Waals surface area contributed by atoms with E-state index < -0.39 is 6.04 Å². The Bertz CT molecular complexity index is 518. The van der Waals surface area contributed by atoms with E-state index in [2.05, 4.69) is 26.2 Å². The number of carbonyl (C=O) groups is 2. The van der Waals surface area contributed by atoms with Gasteiger partial charge in [-0.3, -0.25) is 14.6 Å². The third-order valence-corrected chi connectivity index (χ3v) is 4.33. The summed E-state index contributed by atoms with van der Waals surface area (Å²) in [5, 5.41) is 2.85. The Morgan fingerprint density at radius 1 is 1.48 bits per heavy atom. The second kappa shape index (κ2) is 7.02. The Hall–Kier alpha value is -1.43. The second-order valence-electron chi connectivity index (χ2n) is 5.41. The fraction of sp³-hybridized carbons (Fsp3) is 0.533. The van der Waals surface area contributed by atoms with Crippen LogP contribution in [0.15, 0.2) is 22.8 Å². The third-order valence-electron chi connectivity index (χ3n) is 3.86. The van der Waals surface area contributed by atoms with E-state index in [1.807, 2.05) is 26.0 Å². The molecule has 1 aliphatic heterocycles. The summed E-state index contributed by atoms with van der Waals surface area (Å²) in [6.45, 7) is 4.89. The molecule has 2 unspecified atom stereocenters. The predicted octanol–water partition coefficient (Wildman–Crippen LogP) is 2.11. The zero-order chi connectivity index (χ0) is 15.4. The van der Waals surface area contributed by atoms with Crippen LogP contribution in [0.1, 0.15) is 32.4 Å². The molecule has 6 heteroatoms. The minimum Gasteiger partial charge on any atom is -0.344 e. The summed E-state index contributed by atoms with van der Waals surface area (Å²) < 4.78 is 0.905. The van der Waals surface area contributed by atoms with Crippen molar-refractivity contribution in [3.63, 3.8) is 0 Å². The van der Waals surface area contributed by atoms with Crippen molar-refractivity contribution in [2.75, 3.05) is 6.54 Å². The van der Waals surface area contributed by atoms with Crippen LogP contribution in [0.2, 0.25) is 0 Å². The Morgan fingerprint density at radius 3 is 2.86 bits per heavy atom. The van der Waals surface area contributed by atoms with Crippen LogP contribution in [0, 0.1) is 5.92 Å². The smallest absolute Gasteiger partial charge is 0.245 e.